The number of fused-ring (bicyclic) bond motifs is 1. The summed E-state index contributed by atoms with van der Waals surface area (Å²) < 4.78 is 24.9. The van der Waals surface area contributed by atoms with Gasteiger partial charge >= 0.3 is 0 Å². The van der Waals surface area contributed by atoms with Gasteiger partial charge in [0.2, 0.25) is 9.84 Å². The van der Waals surface area contributed by atoms with Crippen LogP contribution in [0.2, 0.25) is 5.02 Å². The molecule has 0 saturated carbocycles. The van der Waals surface area contributed by atoms with E-state index in [1.54, 1.807) is 36.4 Å². The molecule has 6 heteroatoms. The molecule has 3 aromatic rings. The van der Waals surface area contributed by atoms with Gasteiger partial charge in [-0.05, 0) is 30.3 Å². The topological polar surface area (TPSA) is 70.2 Å². The Morgan fingerprint density at radius 3 is 2.52 bits per heavy atom. The second-order valence-corrected chi connectivity index (χ2v) is 7.09. The number of hydrogen-bond acceptors (Lipinski definition) is 3. The van der Waals surface area contributed by atoms with E-state index in [1.807, 2.05) is 0 Å². The average Bonchev–Trinajstić information content (AvgIpc) is 2.90. The summed E-state index contributed by atoms with van der Waals surface area (Å²) in [5, 5.41) is 11.4. The zero-order chi connectivity index (χ0) is 15.0. The fraction of sp³-hybridized carbons (Fsp3) is 0.0667. The van der Waals surface area contributed by atoms with Crippen LogP contribution in [0.3, 0.4) is 0 Å². The van der Waals surface area contributed by atoms with Crippen molar-refractivity contribution in [2.24, 2.45) is 0 Å². The molecule has 0 amide bonds. The van der Waals surface area contributed by atoms with Crippen molar-refractivity contribution in [2.75, 3.05) is 0 Å². The fourth-order valence-electron chi connectivity index (χ4n) is 2.22. The molecule has 3 rings (SSSR count). The number of aromatic nitrogens is 1. The number of H-pyrrole nitrogens is 1. The first kappa shape index (κ1) is 14.1. The predicted molar refractivity (Wildman–Crippen MR) is 81.9 cm³/mol. The Labute approximate surface area is 126 Å². The Hall–Kier alpha value is -1.82. The van der Waals surface area contributed by atoms with E-state index >= 15 is 0 Å². The van der Waals surface area contributed by atoms with Gasteiger partial charge in [-0.3, -0.25) is 0 Å². The van der Waals surface area contributed by atoms with Crippen LogP contribution in [0.15, 0.2) is 59.6 Å². The monoisotopic (exact) mass is 321 g/mol. The van der Waals surface area contributed by atoms with Crippen LogP contribution in [-0.4, -0.2) is 18.5 Å². The van der Waals surface area contributed by atoms with Gasteiger partial charge in [0.25, 0.3) is 0 Å². The largest absolute Gasteiger partial charge is 0.373 e. The van der Waals surface area contributed by atoms with Crippen molar-refractivity contribution < 1.29 is 13.5 Å². The van der Waals surface area contributed by atoms with Crippen LogP contribution in [0.1, 0.15) is 11.0 Å². The van der Waals surface area contributed by atoms with E-state index in [-0.39, 0.29) is 10.5 Å². The van der Waals surface area contributed by atoms with Gasteiger partial charge in [0, 0.05) is 27.7 Å². The third-order valence-corrected chi connectivity index (χ3v) is 5.31. The maximum Gasteiger partial charge on any atom is 0.209 e. The number of aliphatic hydroxyl groups is 1. The number of halogens is 1. The van der Waals surface area contributed by atoms with Gasteiger partial charge in [-0.2, -0.15) is 0 Å². The second-order valence-electron chi connectivity index (χ2n) is 4.64. The molecule has 1 unspecified atom stereocenters. The van der Waals surface area contributed by atoms with Crippen LogP contribution in [-0.2, 0) is 9.84 Å². The molecule has 2 aromatic carbocycles. The molecule has 0 bridgehead atoms. The maximum atomic E-state index is 12.5. The molecule has 0 saturated heterocycles. The van der Waals surface area contributed by atoms with Crippen LogP contribution in [0, 0.1) is 0 Å². The molecular weight excluding hydrogens is 310 g/mol. The molecule has 2 N–H and O–H groups in total. The lowest BCUT2D eigenvalue weighted by molar-refractivity contribution is 0.256. The van der Waals surface area contributed by atoms with E-state index in [9.17, 15) is 13.5 Å². The van der Waals surface area contributed by atoms with Crippen molar-refractivity contribution in [1.29, 1.82) is 0 Å². The lowest BCUT2D eigenvalue weighted by Crippen LogP contribution is -2.12. The van der Waals surface area contributed by atoms with Gasteiger partial charge in [0.15, 0.2) is 5.44 Å². The molecule has 0 spiro atoms. The summed E-state index contributed by atoms with van der Waals surface area (Å²) in [6.45, 7) is 0. The Kier molecular flexibility index (Phi) is 3.49. The summed E-state index contributed by atoms with van der Waals surface area (Å²) in [5.74, 6) is 0. The second kappa shape index (κ2) is 5.18. The highest BCUT2D eigenvalue weighted by molar-refractivity contribution is 7.91. The number of nitrogens with one attached hydrogen (secondary N) is 1. The van der Waals surface area contributed by atoms with Crippen LogP contribution >= 0.6 is 11.6 Å². The van der Waals surface area contributed by atoms with Gasteiger partial charge in [-0.25, -0.2) is 8.42 Å². The van der Waals surface area contributed by atoms with Gasteiger partial charge in [0.1, 0.15) is 0 Å². The third kappa shape index (κ3) is 2.44. The highest BCUT2D eigenvalue weighted by atomic mass is 35.5. The van der Waals surface area contributed by atoms with E-state index < -0.39 is 15.3 Å². The molecule has 0 aliphatic carbocycles. The summed E-state index contributed by atoms with van der Waals surface area (Å²) in [5.41, 5.74) is -0.639. The van der Waals surface area contributed by atoms with Gasteiger partial charge < -0.3 is 10.1 Å². The van der Waals surface area contributed by atoms with Crippen molar-refractivity contribution >= 4 is 32.3 Å². The zero-order valence-electron chi connectivity index (χ0n) is 10.8. The molecule has 21 heavy (non-hydrogen) atoms. The molecule has 4 nitrogen and oxygen atoms in total. The highest BCUT2D eigenvalue weighted by Gasteiger charge is 2.28. The Morgan fingerprint density at radius 1 is 1.10 bits per heavy atom. The van der Waals surface area contributed by atoms with Crippen molar-refractivity contribution in [3.63, 3.8) is 0 Å². The fourth-order valence-corrected chi connectivity index (χ4v) is 3.72. The summed E-state index contributed by atoms with van der Waals surface area (Å²) >= 11 is 5.94. The smallest absolute Gasteiger partial charge is 0.209 e. The zero-order valence-corrected chi connectivity index (χ0v) is 12.4. The predicted octanol–water partition coefficient (Wildman–Crippen LogP) is 3.29. The number of rotatable bonds is 3. The Balaban J connectivity index is 2.12. The minimum Gasteiger partial charge on any atom is -0.373 e. The quantitative estimate of drug-likeness (QED) is 0.777. The van der Waals surface area contributed by atoms with E-state index in [0.717, 1.165) is 5.52 Å². The van der Waals surface area contributed by atoms with E-state index in [4.69, 9.17) is 11.6 Å². The molecular formula is C15H12ClNO3S. The van der Waals surface area contributed by atoms with Crippen LogP contribution < -0.4 is 0 Å². The number of benzene rings is 2. The van der Waals surface area contributed by atoms with E-state index in [1.165, 1.54) is 18.3 Å². The Bertz CT molecular complexity index is 888. The molecule has 1 heterocycles. The molecule has 0 radical (unpaired) electrons. The molecule has 1 aromatic heterocycles. The summed E-state index contributed by atoms with van der Waals surface area (Å²) in [7, 11) is -3.87. The van der Waals surface area contributed by atoms with Crippen molar-refractivity contribution in [2.45, 2.75) is 10.3 Å². The number of hydrogen-bond donors (Lipinski definition) is 2. The molecule has 108 valence electrons. The lowest BCUT2D eigenvalue weighted by atomic mass is 10.2. The number of sulfone groups is 1. The summed E-state index contributed by atoms with van der Waals surface area (Å²) in [6.07, 6.45) is 1.49. The van der Waals surface area contributed by atoms with E-state index in [0.29, 0.717) is 10.4 Å². The lowest BCUT2D eigenvalue weighted by Gasteiger charge is -2.11. The summed E-state index contributed by atoms with van der Waals surface area (Å²) in [6, 6.07) is 12.9. The maximum absolute atomic E-state index is 12.5. The molecule has 0 fully saturated rings. The standard InChI is InChI=1S/C15H12ClNO3S/c16-10-6-7-14-12(8-10)13(9-17-14)15(18)21(19,20)11-4-2-1-3-5-11/h1-9,15,17-18H. The van der Waals surface area contributed by atoms with Crippen molar-refractivity contribution in [3.05, 3.63) is 65.3 Å². The molecule has 0 aliphatic rings. The van der Waals surface area contributed by atoms with Crippen LogP contribution in [0.25, 0.3) is 10.9 Å². The third-order valence-electron chi connectivity index (χ3n) is 3.31. The Morgan fingerprint density at radius 2 is 1.81 bits per heavy atom. The minimum atomic E-state index is -3.87. The first-order valence-electron chi connectivity index (χ1n) is 6.24. The van der Waals surface area contributed by atoms with Crippen LogP contribution in [0.4, 0.5) is 0 Å². The molecule has 0 aliphatic heterocycles. The van der Waals surface area contributed by atoms with Gasteiger partial charge in [0.05, 0.1) is 4.90 Å². The van der Waals surface area contributed by atoms with Crippen molar-refractivity contribution in [3.8, 4) is 0 Å². The first-order valence-corrected chi connectivity index (χ1v) is 8.16. The highest BCUT2D eigenvalue weighted by Crippen LogP contribution is 2.32. The van der Waals surface area contributed by atoms with Gasteiger partial charge in [-0.15, -0.1) is 0 Å². The average molecular weight is 322 g/mol. The van der Waals surface area contributed by atoms with Crippen molar-refractivity contribution in [1.82, 2.24) is 4.98 Å². The van der Waals surface area contributed by atoms with E-state index in [2.05, 4.69) is 4.98 Å². The number of aromatic amines is 1. The minimum absolute atomic E-state index is 0.0777. The first-order chi connectivity index (χ1) is 10.00. The summed E-state index contributed by atoms with van der Waals surface area (Å²) in [4.78, 5) is 3.01. The van der Waals surface area contributed by atoms with Gasteiger partial charge in [-0.1, -0.05) is 29.8 Å². The van der Waals surface area contributed by atoms with Crippen LogP contribution in [0.5, 0.6) is 0 Å². The molecule has 1 atom stereocenters. The number of aliphatic hydroxyl groups excluding tert-OH is 1. The SMILES string of the molecule is O=S(=O)(c1ccccc1)C(O)c1c[nH]c2ccc(Cl)cc12. The normalized spacial score (nSPS) is 13.4.